The van der Waals surface area contributed by atoms with Crippen LogP contribution < -0.4 is 0 Å². The average molecular weight is 395 g/mol. The summed E-state index contributed by atoms with van der Waals surface area (Å²) < 4.78 is 14.5. The minimum Gasteiger partial charge on any atom is -0.494 e. The van der Waals surface area contributed by atoms with E-state index in [1.165, 1.54) is 29.0 Å². The number of aromatic hydroxyl groups is 1. The van der Waals surface area contributed by atoms with Crippen molar-refractivity contribution in [1.82, 2.24) is 14.8 Å². The van der Waals surface area contributed by atoms with Gasteiger partial charge in [-0.25, -0.2) is 4.39 Å². The fourth-order valence-corrected chi connectivity index (χ4v) is 4.20. The van der Waals surface area contributed by atoms with Gasteiger partial charge in [0.15, 0.2) is 11.9 Å². The lowest BCUT2D eigenvalue weighted by molar-refractivity contribution is -0.166. The minimum atomic E-state index is -1.08. The fourth-order valence-electron chi connectivity index (χ4n) is 4.20. The third kappa shape index (κ3) is 2.76. The highest BCUT2D eigenvalue weighted by Gasteiger charge is 2.52. The zero-order valence-corrected chi connectivity index (χ0v) is 16.4. The molecule has 1 aliphatic heterocycles. The molecule has 6 nitrogen and oxygen atoms in total. The van der Waals surface area contributed by atoms with E-state index >= 15 is 0 Å². The molecule has 4 rings (SSSR count). The number of aromatic amines is 1. The van der Waals surface area contributed by atoms with Crippen molar-refractivity contribution in [2.45, 2.75) is 24.9 Å². The Morgan fingerprint density at radius 1 is 1.10 bits per heavy atom. The summed E-state index contributed by atoms with van der Waals surface area (Å²) in [5.41, 5.74) is 0.0288. The summed E-state index contributed by atoms with van der Waals surface area (Å²) in [5.74, 6) is -1.41. The van der Waals surface area contributed by atoms with Crippen LogP contribution in [0.5, 0.6) is 5.88 Å². The lowest BCUT2D eigenvalue weighted by Crippen LogP contribution is -2.66. The maximum Gasteiger partial charge on any atom is 0.252 e. The number of fused-ring (bicyclic) bond motifs is 1. The predicted octanol–water partition coefficient (Wildman–Crippen LogP) is 2.99. The van der Waals surface area contributed by atoms with Crippen molar-refractivity contribution in [3.63, 3.8) is 0 Å². The van der Waals surface area contributed by atoms with E-state index in [1.807, 2.05) is 30.3 Å². The number of hydrogen-bond donors (Lipinski definition) is 2. The summed E-state index contributed by atoms with van der Waals surface area (Å²) in [5, 5.41) is 10.6. The minimum absolute atomic E-state index is 0.114. The average Bonchev–Trinajstić information content (AvgIpc) is 3.04. The summed E-state index contributed by atoms with van der Waals surface area (Å²) in [6.45, 7) is 1.73. The molecule has 0 bridgehead atoms. The van der Waals surface area contributed by atoms with Crippen molar-refractivity contribution in [2.75, 3.05) is 14.1 Å². The normalized spacial score (nSPS) is 22.6. The van der Waals surface area contributed by atoms with Crippen LogP contribution in [0.1, 0.15) is 24.2 Å². The summed E-state index contributed by atoms with van der Waals surface area (Å²) in [6, 6.07) is 12.7. The summed E-state index contributed by atoms with van der Waals surface area (Å²) in [7, 11) is 3.12. The van der Waals surface area contributed by atoms with E-state index in [-0.39, 0.29) is 34.2 Å². The van der Waals surface area contributed by atoms with Crippen LogP contribution in [0.2, 0.25) is 0 Å². The third-order valence-corrected chi connectivity index (χ3v) is 5.93. The van der Waals surface area contributed by atoms with E-state index in [0.717, 1.165) is 5.56 Å². The molecule has 0 spiro atoms. The molecule has 2 amide bonds. The fraction of sp³-hybridized carbons (Fsp3) is 0.273. The van der Waals surface area contributed by atoms with Gasteiger partial charge in [0.25, 0.3) is 5.91 Å². The third-order valence-electron chi connectivity index (χ3n) is 5.93. The molecular formula is C22H22FN3O3. The van der Waals surface area contributed by atoms with E-state index in [0.29, 0.717) is 6.42 Å². The van der Waals surface area contributed by atoms with Gasteiger partial charge in [0.05, 0.1) is 5.69 Å². The van der Waals surface area contributed by atoms with Crippen LogP contribution in [0.3, 0.4) is 0 Å². The van der Waals surface area contributed by atoms with E-state index in [2.05, 4.69) is 4.98 Å². The molecule has 1 aliphatic rings. The topological polar surface area (TPSA) is 76.6 Å². The van der Waals surface area contributed by atoms with Crippen molar-refractivity contribution >= 4 is 22.6 Å². The molecule has 150 valence electrons. The summed E-state index contributed by atoms with van der Waals surface area (Å²) in [6.07, 6.45) is 0.358. The van der Waals surface area contributed by atoms with Gasteiger partial charge in [0.1, 0.15) is 11.4 Å². The van der Waals surface area contributed by atoms with Gasteiger partial charge in [-0.2, -0.15) is 0 Å². The molecule has 0 radical (unpaired) electrons. The first-order chi connectivity index (χ1) is 13.8. The molecule has 2 heterocycles. The molecule has 0 saturated carbocycles. The molecule has 29 heavy (non-hydrogen) atoms. The van der Waals surface area contributed by atoms with Gasteiger partial charge in [-0.3, -0.25) is 9.59 Å². The summed E-state index contributed by atoms with van der Waals surface area (Å²) in [4.78, 5) is 32.2. The van der Waals surface area contributed by atoms with Crippen LogP contribution in [0, 0.1) is 5.82 Å². The second-order valence-electron chi connectivity index (χ2n) is 7.70. The lowest BCUT2D eigenvalue weighted by atomic mass is 9.85. The van der Waals surface area contributed by atoms with Crippen LogP contribution >= 0.6 is 0 Å². The Morgan fingerprint density at radius 2 is 1.79 bits per heavy atom. The largest absolute Gasteiger partial charge is 0.494 e. The first kappa shape index (κ1) is 19.0. The Balaban J connectivity index is 1.79. The van der Waals surface area contributed by atoms with Gasteiger partial charge in [-0.1, -0.05) is 36.4 Å². The number of H-pyrrole nitrogens is 1. The van der Waals surface area contributed by atoms with Crippen molar-refractivity contribution in [3.8, 4) is 5.88 Å². The quantitative estimate of drug-likeness (QED) is 0.716. The SMILES string of the molecule is CN1C(=O)C(C)(Cc2ccccc2)N(C)C(=O)C1c1[nH]c(O)c2cccc(F)c12. The molecule has 7 heteroatoms. The molecule has 2 aromatic carbocycles. The maximum atomic E-state index is 14.5. The Morgan fingerprint density at radius 3 is 2.48 bits per heavy atom. The molecule has 2 atom stereocenters. The number of halogens is 1. The van der Waals surface area contributed by atoms with E-state index in [1.54, 1.807) is 20.0 Å². The number of piperazine rings is 1. The van der Waals surface area contributed by atoms with Crippen LogP contribution in [0.25, 0.3) is 10.8 Å². The van der Waals surface area contributed by atoms with E-state index in [9.17, 15) is 19.1 Å². The van der Waals surface area contributed by atoms with Gasteiger partial charge in [-0.05, 0) is 24.6 Å². The van der Waals surface area contributed by atoms with Crippen LogP contribution in [0.4, 0.5) is 4.39 Å². The molecule has 1 saturated heterocycles. The number of benzene rings is 2. The van der Waals surface area contributed by atoms with Gasteiger partial charge < -0.3 is 19.9 Å². The monoisotopic (exact) mass is 395 g/mol. The Labute approximate surface area is 167 Å². The Bertz CT molecular complexity index is 1110. The van der Waals surface area contributed by atoms with Crippen LogP contribution in [-0.2, 0) is 16.0 Å². The van der Waals surface area contributed by atoms with E-state index < -0.39 is 17.4 Å². The van der Waals surface area contributed by atoms with Gasteiger partial charge >= 0.3 is 0 Å². The van der Waals surface area contributed by atoms with Crippen LogP contribution in [-0.4, -0.2) is 51.3 Å². The number of likely N-dealkylation sites (N-methyl/N-ethyl adjacent to an activating group) is 2. The molecule has 1 fully saturated rings. The Kier molecular flexibility index (Phi) is 4.33. The zero-order valence-electron chi connectivity index (χ0n) is 16.4. The number of nitrogens with zero attached hydrogens (tertiary/aromatic N) is 2. The van der Waals surface area contributed by atoms with Gasteiger partial charge in [0, 0.05) is 31.3 Å². The van der Waals surface area contributed by atoms with E-state index in [4.69, 9.17) is 0 Å². The molecule has 1 aromatic heterocycles. The highest BCUT2D eigenvalue weighted by molar-refractivity contribution is 6.03. The molecule has 2 unspecified atom stereocenters. The maximum absolute atomic E-state index is 14.5. The van der Waals surface area contributed by atoms with Crippen molar-refractivity contribution < 1.29 is 19.1 Å². The smallest absolute Gasteiger partial charge is 0.252 e. The number of carbonyl (C=O) groups is 2. The first-order valence-electron chi connectivity index (χ1n) is 9.33. The van der Waals surface area contributed by atoms with Crippen molar-refractivity contribution in [3.05, 3.63) is 65.6 Å². The number of aromatic nitrogens is 1. The number of nitrogens with one attached hydrogen (secondary N) is 1. The first-order valence-corrected chi connectivity index (χ1v) is 9.33. The number of hydrogen-bond acceptors (Lipinski definition) is 3. The number of carbonyl (C=O) groups excluding carboxylic acids is 2. The van der Waals surface area contributed by atoms with Crippen LogP contribution in [0.15, 0.2) is 48.5 Å². The van der Waals surface area contributed by atoms with Crippen molar-refractivity contribution in [1.29, 1.82) is 0 Å². The summed E-state index contributed by atoms with van der Waals surface area (Å²) >= 11 is 0. The molecule has 0 aliphatic carbocycles. The predicted molar refractivity (Wildman–Crippen MR) is 107 cm³/mol. The second kappa shape index (κ2) is 6.62. The standard InChI is InChI=1S/C22H22FN3O3/c1-22(12-13-8-5-4-6-9-13)21(29)25(2)18(20(28)26(22)3)17-16-14(19(27)24-17)10-7-11-15(16)23/h4-11,18,24,27H,12H2,1-3H3. The highest BCUT2D eigenvalue weighted by Crippen LogP contribution is 2.40. The number of rotatable bonds is 3. The molecular weight excluding hydrogens is 373 g/mol. The zero-order chi connectivity index (χ0) is 20.9. The molecule has 2 N–H and O–H groups in total. The highest BCUT2D eigenvalue weighted by atomic mass is 19.1. The molecule has 3 aromatic rings. The lowest BCUT2D eigenvalue weighted by Gasteiger charge is -2.48. The Hall–Kier alpha value is -3.35. The van der Waals surface area contributed by atoms with Gasteiger partial charge in [-0.15, -0.1) is 0 Å². The van der Waals surface area contributed by atoms with Gasteiger partial charge in [0.2, 0.25) is 5.91 Å². The second-order valence-corrected chi connectivity index (χ2v) is 7.70. The number of amides is 2. The van der Waals surface area contributed by atoms with Crippen molar-refractivity contribution in [2.24, 2.45) is 0 Å².